The summed E-state index contributed by atoms with van der Waals surface area (Å²) in [5.74, 6) is -1.19. The van der Waals surface area contributed by atoms with Crippen LogP contribution in [0.3, 0.4) is 0 Å². The van der Waals surface area contributed by atoms with Crippen molar-refractivity contribution in [3.63, 3.8) is 0 Å². The standard InChI is InChI=1S/C24H24N2O3/c1-14-10-11-19-20(12-14)24(29)26(23(19)28)18-9-5-8-17(13-18)22(27)25-21-15(2)6-4-7-16(21)3/h4-10,13,19-20H,11-12H2,1-3H3,(H,25,27)/t19-,20-/m0/s1. The molecule has 4 rings (SSSR count). The van der Waals surface area contributed by atoms with Gasteiger partial charge in [-0.1, -0.05) is 35.9 Å². The second-order valence-corrected chi connectivity index (χ2v) is 7.99. The molecule has 0 radical (unpaired) electrons. The third kappa shape index (κ3) is 3.37. The van der Waals surface area contributed by atoms with Gasteiger partial charge in [0.2, 0.25) is 11.8 Å². The average molecular weight is 388 g/mol. The summed E-state index contributed by atoms with van der Waals surface area (Å²) in [6.45, 7) is 5.88. The number of amides is 3. The number of nitrogens with zero attached hydrogens (tertiary/aromatic N) is 1. The Morgan fingerprint density at radius 1 is 0.966 bits per heavy atom. The minimum absolute atomic E-state index is 0.167. The van der Waals surface area contributed by atoms with Crippen molar-refractivity contribution >= 4 is 29.1 Å². The minimum Gasteiger partial charge on any atom is -0.322 e. The van der Waals surface area contributed by atoms with Crippen LogP contribution in [0.5, 0.6) is 0 Å². The molecular formula is C24H24N2O3. The first-order valence-corrected chi connectivity index (χ1v) is 9.88. The van der Waals surface area contributed by atoms with Crippen LogP contribution in [0.15, 0.2) is 54.1 Å². The predicted molar refractivity (Wildman–Crippen MR) is 113 cm³/mol. The molecule has 2 aromatic rings. The van der Waals surface area contributed by atoms with Crippen molar-refractivity contribution in [2.75, 3.05) is 10.2 Å². The molecule has 0 unspecified atom stereocenters. The van der Waals surface area contributed by atoms with Gasteiger partial charge in [0.1, 0.15) is 0 Å². The molecule has 148 valence electrons. The van der Waals surface area contributed by atoms with Crippen LogP contribution in [0.2, 0.25) is 0 Å². The molecule has 0 spiro atoms. The number of fused-ring (bicyclic) bond motifs is 1. The van der Waals surface area contributed by atoms with Gasteiger partial charge < -0.3 is 5.32 Å². The smallest absolute Gasteiger partial charge is 0.255 e. The molecular weight excluding hydrogens is 364 g/mol. The Kier molecular flexibility index (Phi) is 4.82. The Bertz CT molecular complexity index is 1030. The van der Waals surface area contributed by atoms with Gasteiger partial charge in [-0.05, 0) is 62.9 Å². The highest BCUT2D eigenvalue weighted by atomic mass is 16.2. The fourth-order valence-electron chi connectivity index (χ4n) is 4.28. The average Bonchev–Trinajstić information content (AvgIpc) is 2.94. The summed E-state index contributed by atoms with van der Waals surface area (Å²) in [4.78, 5) is 39.9. The third-order valence-corrected chi connectivity index (χ3v) is 5.91. The van der Waals surface area contributed by atoms with E-state index in [4.69, 9.17) is 0 Å². The molecule has 0 saturated carbocycles. The molecule has 1 fully saturated rings. The summed E-state index contributed by atoms with van der Waals surface area (Å²) >= 11 is 0. The molecule has 1 aliphatic carbocycles. The van der Waals surface area contributed by atoms with Gasteiger partial charge >= 0.3 is 0 Å². The number of imide groups is 1. The highest BCUT2D eigenvalue weighted by Crippen LogP contribution is 2.39. The van der Waals surface area contributed by atoms with Gasteiger partial charge in [-0.15, -0.1) is 0 Å². The second kappa shape index (κ2) is 7.32. The Balaban J connectivity index is 1.60. The summed E-state index contributed by atoms with van der Waals surface area (Å²) < 4.78 is 0. The predicted octanol–water partition coefficient (Wildman–Crippen LogP) is 4.40. The molecule has 3 amide bonds. The van der Waals surface area contributed by atoms with Crippen molar-refractivity contribution in [3.05, 3.63) is 70.8 Å². The van der Waals surface area contributed by atoms with Crippen LogP contribution in [0.1, 0.15) is 41.3 Å². The summed E-state index contributed by atoms with van der Waals surface area (Å²) in [6.07, 6.45) is 3.27. The van der Waals surface area contributed by atoms with Crippen LogP contribution >= 0.6 is 0 Å². The Hall–Kier alpha value is -3.21. The van der Waals surface area contributed by atoms with Gasteiger partial charge in [-0.3, -0.25) is 19.3 Å². The molecule has 2 atom stereocenters. The minimum atomic E-state index is -0.293. The fourth-order valence-corrected chi connectivity index (χ4v) is 4.28. The number of carbonyl (C=O) groups excluding carboxylic acids is 3. The topological polar surface area (TPSA) is 66.5 Å². The normalized spacial score (nSPS) is 21.1. The van der Waals surface area contributed by atoms with Crippen LogP contribution in [0.4, 0.5) is 11.4 Å². The van der Waals surface area contributed by atoms with Crippen LogP contribution in [0.25, 0.3) is 0 Å². The van der Waals surface area contributed by atoms with Gasteiger partial charge in [-0.2, -0.15) is 0 Å². The van der Waals surface area contributed by atoms with E-state index in [2.05, 4.69) is 5.32 Å². The van der Waals surface area contributed by atoms with E-state index >= 15 is 0 Å². The molecule has 2 aromatic carbocycles. The number of benzene rings is 2. The molecule has 2 aliphatic rings. The second-order valence-electron chi connectivity index (χ2n) is 7.99. The first-order chi connectivity index (χ1) is 13.9. The van der Waals surface area contributed by atoms with E-state index in [-0.39, 0.29) is 29.6 Å². The lowest BCUT2D eigenvalue weighted by molar-refractivity contribution is -0.122. The summed E-state index contributed by atoms with van der Waals surface area (Å²) in [5.41, 5.74) is 4.76. The fraction of sp³-hybridized carbons (Fsp3) is 0.292. The Labute approximate surface area is 170 Å². The number of para-hydroxylation sites is 1. The number of carbonyl (C=O) groups is 3. The summed E-state index contributed by atoms with van der Waals surface area (Å²) in [5, 5.41) is 2.96. The van der Waals surface area contributed by atoms with Gasteiger partial charge in [0, 0.05) is 11.3 Å². The van der Waals surface area contributed by atoms with E-state index in [1.165, 1.54) is 4.90 Å². The SMILES string of the molecule is CC1=CC[C@@H]2C(=O)N(c3cccc(C(=O)Nc4c(C)cccc4C)c3)C(=O)[C@H]2C1. The van der Waals surface area contributed by atoms with Crippen molar-refractivity contribution in [1.29, 1.82) is 0 Å². The van der Waals surface area contributed by atoms with Crippen molar-refractivity contribution in [2.45, 2.75) is 33.6 Å². The van der Waals surface area contributed by atoms with Crippen LogP contribution in [-0.4, -0.2) is 17.7 Å². The van der Waals surface area contributed by atoms with Crippen molar-refractivity contribution in [3.8, 4) is 0 Å². The van der Waals surface area contributed by atoms with Crippen molar-refractivity contribution in [1.82, 2.24) is 0 Å². The Morgan fingerprint density at radius 2 is 1.62 bits per heavy atom. The molecule has 0 aromatic heterocycles. The number of rotatable bonds is 3. The maximum absolute atomic E-state index is 12.9. The summed E-state index contributed by atoms with van der Waals surface area (Å²) in [7, 11) is 0. The van der Waals surface area contributed by atoms with E-state index in [1.807, 2.05) is 45.0 Å². The number of hydrogen-bond donors (Lipinski definition) is 1. The monoisotopic (exact) mass is 388 g/mol. The van der Waals surface area contributed by atoms with E-state index < -0.39 is 0 Å². The van der Waals surface area contributed by atoms with Crippen LogP contribution < -0.4 is 10.2 Å². The molecule has 0 bridgehead atoms. The zero-order valence-electron chi connectivity index (χ0n) is 16.9. The molecule has 1 N–H and O–H groups in total. The number of aryl methyl sites for hydroxylation is 2. The van der Waals surface area contributed by atoms with Crippen LogP contribution in [-0.2, 0) is 9.59 Å². The molecule has 1 heterocycles. The van der Waals surface area contributed by atoms with Crippen molar-refractivity contribution < 1.29 is 14.4 Å². The molecule has 29 heavy (non-hydrogen) atoms. The largest absolute Gasteiger partial charge is 0.322 e. The lowest BCUT2D eigenvalue weighted by Gasteiger charge is -2.18. The molecule has 1 saturated heterocycles. The van der Waals surface area contributed by atoms with Gasteiger partial charge in [0.05, 0.1) is 17.5 Å². The van der Waals surface area contributed by atoms with Crippen molar-refractivity contribution in [2.24, 2.45) is 11.8 Å². The molecule has 5 nitrogen and oxygen atoms in total. The van der Waals surface area contributed by atoms with Gasteiger partial charge in [-0.25, -0.2) is 0 Å². The number of nitrogens with one attached hydrogen (secondary N) is 1. The van der Waals surface area contributed by atoms with E-state index in [0.717, 1.165) is 22.4 Å². The quantitative estimate of drug-likeness (QED) is 0.626. The number of allylic oxidation sites excluding steroid dienone is 2. The maximum atomic E-state index is 12.9. The van der Waals surface area contributed by atoms with E-state index in [1.54, 1.807) is 24.3 Å². The summed E-state index contributed by atoms with van der Waals surface area (Å²) in [6, 6.07) is 12.6. The highest BCUT2D eigenvalue weighted by Gasteiger charge is 2.48. The maximum Gasteiger partial charge on any atom is 0.255 e. The first kappa shape index (κ1) is 19.1. The van der Waals surface area contributed by atoms with E-state index in [0.29, 0.717) is 24.1 Å². The third-order valence-electron chi connectivity index (χ3n) is 5.91. The lowest BCUT2D eigenvalue weighted by atomic mass is 9.82. The number of hydrogen-bond acceptors (Lipinski definition) is 3. The highest BCUT2D eigenvalue weighted by molar-refractivity contribution is 6.22. The molecule has 1 aliphatic heterocycles. The van der Waals surface area contributed by atoms with E-state index in [9.17, 15) is 14.4 Å². The first-order valence-electron chi connectivity index (χ1n) is 9.88. The number of anilines is 2. The zero-order valence-corrected chi connectivity index (χ0v) is 16.9. The van der Waals surface area contributed by atoms with Crippen LogP contribution in [0, 0.1) is 25.7 Å². The molecule has 5 heteroatoms. The lowest BCUT2D eigenvalue weighted by Crippen LogP contribution is -2.31. The van der Waals surface area contributed by atoms with Gasteiger partial charge in [0.15, 0.2) is 0 Å². The Morgan fingerprint density at radius 3 is 2.34 bits per heavy atom. The zero-order chi connectivity index (χ0) is 20.7. The van der Waals surface area contributed by atoms with Gasteiger partial charge in [0.25, 0.3) is 5.91 Å².